The summed E-state index contributed by atoms with van der Waals surface area (Å²) in [5.74, 6) is 5.51. The number of rotatable bonds is 2. The minimum atomic E-state index is -1.25. The van der Waals surface area contributed by atoms with E-state index >= 15 is 0 Å². The van der Waals surface area contributed by atoms with Gasteiger partial charge in [-0.15, -0.1) is 0 Å². The van der Waals surface area contributed by atoms with Crippen LogP contribution in [0.1, 0.15) is 16.8 Å². The quantitative estimate of drug-likeness (QED) is 0.375. The number of nitrogens with zero attached hydrogens (tertiary/aromatic N) is 2. The highest BCUT2D eigenvalue weighted by Crippen LogP contribution is 2.17. The van der Waals surface area contributed by atoms with Crippen molar-refractivity contribution in [3.63, 3.8) is 0 Å². The van der Waals surface area contributed by atoms with E-state index in [9.17, 15) is 4.79 Å². The Kier molecular flexibility index (Phi) is 3.23. The minimum absolute atomic E-state index is 0.203. The molecule has 0 unspecified atom stereocenters. The van der Waals surface area contributed by atoms with Crippen LogP contribution in [0.5, 0.6) is 0 Å². The van der Waals surface area contributed by atoms with Crippen molar-refractivity contribution < 1.29 is 9.90 Å². The number of hydrazine groups is 1. The molecule has 82 valence electrons. The first kappa shape index (κ1) is 11.4. The molecular weight excluding hydrogens is 196 g/mol. The first-order valence-electron chi connectivity index (χ1n) is 4.42. The highest BCUT2D eigenvalue weighted by molar-refractivity contribution is 5.83. The van der Waals surface area contributed by atoms with E-state index in [-0.39, 0.29) is 5.82 Å². The summed E-state index contributed by atoms with van der Waals surface area (Å²) in [7, 11) is 0. The fourth-order valence-corrected chi connectivity index (χ4v) is 1.37. The zero-order chi connectivity index (χ0) is 11.6. The lowest BCUT2D eigenvalue weighted by molar-refractivity contribution is 0.201. The van der Waals surface area contributed by atoms with Gasteiger partial charge in [-0.1, -0.05) is 0 Å². The molecule has 1 rings (SSSR count). The van der Waals surface area contributed by atoms with Crippen molar-refractivity contribution in [1.82, 2.24) is 4.98 Å². The minimum Gasteiger partial charge on any atom is -0.464 e. The van der Waals surface area contributed by atoms with Gasteiger partial charge in [0.2, 0.25) is 0 Å². The smallest absolute Gasteiger partial charge is 0.427 e. The number of carbonyl (C=O) groups is 1. The average molecular weight is 210 g/mol. The van der Waals surface area contributed by atoms with Crippen LogP contribution in [-0.4, -0.2) is 16.2 Å². The highest BCUT2D eigenvalue weighted by Gasteiger charge is 2.13. The summed E-state index contributed by atoms with van der Waals surface area (Å²) >= 11 is 0. The molecule has 6 nitrogen and oxygen atoms in total. The predicted octanol–water partition coefficient (Wildman–Crippen LogP) is 0.515. The Balaban J connectivity index is 3.19. The Morgan fingerprint density at radius 3 is 2.60 bits per heavy atom. The number of hydrogen-bond donors (Lipinski definition) is 3. The van der Waals surface area contributed by atoms with Crippen molar-refractivity contribution in [2.75, 3.05) is 5.01 Å². The van der Waals surface area contributed by atoms with Crippen molar-refractivity contribution in [2.45, 2.75) is 20.4 Å². The molecule has 0 aliphatic carbocycles. The second kappa shape index (κ2) is 4.24. The van der Waals surface area contributed by atoms with Crippen LogP contribution in [0.15, 0.2) is 6.07 Å². The number of hydrogen-bond acceptors (Lipinski definition) is 4. The van der Waals surface area contributed by atoms with Gasteiger partial charge in [0.25, 0.3) is 0 Å². The highest BCUT2D eigenvalue weighted by atomic mass is 16.4. The molecule has 1 amide bonds. The third-order valence-electron chi connectivity index (χ3n) is 2.20. The molecule has 0 aliphatic heterocycles. The van der Waals surface area contributed by atoms with Gasteiger partial charge in [-0.2, -0.15) is 5.01 Å². The first-order valence-corrected chi connectivity index (χ1v) is 4.42. The molecule has 1 aromatic heterocycles. The lowest BCUT2D eigenvalue weighted by Crippen LogP contribution is -2.37. The van der Waals surface area contributed by atoms with E-state index in [1.807, 2.05) is 6.92 Å². The van der Waals surface area contributed by atoms with Gasteiger partial charge in [0.15, 0.2) is 5.82 Å². The van der Waals surface area contributed by atoms with Gasteiger partial charge in [-0.25, -0.2) is 15.6 Å². The molecule has 0 saturated carbocycles. The summed E-state index contributed by atoms with van der Waals surface area (Å²) in [6.07, 6.45) is -1.25. The van der Waals surface area contributed by atoms with Gasteiger partial charge in [0.05, 0.1) is 0 Å². The van der Waals surface area contributed by atoms with Gasteiger partial charge in [-0.05, 0) is 31.0 Å². The number of nitrogens with two attached hydrogens (primary N) is 2. The molecule has 0 radical (unpaired) electrons. The van der Waals surface area contributed by atoms with Crippen molar-refractivity contribution in [3.05, 3.63) is 22.9 Å². The van der Waals surface area contributed by atoms with E-state index in [2.05, 4.69) is 4.98 Å². The molecule has 1 aromatic rings. The summed E-state index contributed by atoms with van der Waals surface area (Å²) in [6.45, 7) is 3.99. The Morgan fingerprint density at radius 1 is 1.60 bits per heavy atom. The largest absolute Gasteiger partial charge is 0.464 e. The van der Waals surface area contributed by atoms with Gasteiger partial charge < -0.3 is 10.8 Å². The lowest BCUT2D eigenvalue weighted by atomic mass is 10.1. The van der Waals surface area contributed by atoms with Crippen LogP contribution in [0.4, 0.5) is 10.6 Å². The van der Waals surface area contributed by atoms with Gasteiger partial charge in [0.1, 0.15) is 0 Å². The fraction of sp³-hybridized carbons (Fsp3) is 0.333. The SMILES string of the molecule is Cc1cc(N(N)C(=O)O)nc(C)c1CN. The zero-order valence-electron chi connectivity index (χ0n) is 8.69. The van der Waals surface area contributed by atoms with Crippen LogP contribution >= 0.6 is 0 Å². The second-order valence-electron chi connectivity index (χ2n) is 3.22. The maximum absolute atomic E-state index is 10.6. The number of carboxylic acid groups (broad SMARTS) is 1. The van der Waals surface area contributed by atoms with E-state index in [0.717, 1.165) is 11.1 Å². The van der Waals surface area contributed by atoms with Gasteiger partial charge in [-0.3, -0.25) is 0 Å². The maximum Gasteiger partial charge on any atom is 0.427 e. The third kappa shape index (κ3) is 2.23. The van der Waals surface area contributed by atoms with Crippen LogP contribution in [0.2, 0.25) is 0 Å². The maximum atomic E-state index is 10.6. The second-order valence-corrected chi connectivity index (χ2v) is 3.22. The molecule has 0 aliphatic rings. The third-order valence-corrected chi connectivity index (χ3v) is 2.20. The summed E-state index contributed by atoms with van der Waals surface area (Å²) < 4.78 is 0. The first-order chi connectivity index (χ1) is 6.97. The van der Waals surface area contributed by atoms with Gasteiger partial charge in [0, 0.05) is 12.2 Å². The topological polar surface area (TPSA) is 105 Å². The van der Waals surface area contributed by atoms with Crippen molar-refractivity contribution in [3.8, 4) is 0 Å². The molecule has 5 N–H and O–H groups in total. The molecule has 0 atom stereocenters. The molecule has 0 aromatic carbocycles. The van der Waals surface area contributed by atoms with E-state index in [1.165, 1.54) is 0 Å². The van der Waals surface area contributed by atoms with Crippen molar-refractivity contribution in [2.24, 2.45) is 11.6 Å². The van der Waals surface area contributed by atoms with Crippen LogP contribution in [0.25, 0.3) is 0 Å². The number of anilines is 1. The summed E-state index contributed by atoms with van der Waals surface area (Å²) in [6, 6.07) is 1.60. The zero-order valence-corrected chi connectivity index (χ0v) is 8.69. The monoisotopic (exact) mass is 210 g/mol. The standard InChI is InChI=1S/C9H14N4O2/c1-5-3-8(13(11)9(14)15)12-6(2)7(5)4-10/h3H,4,10-11H2,1-2H3,(H,14,15). The molecule has 0 bridgehead atoms. The molecule has 6 heteroatoms. The average Bonchev–Trinajstić information content (AvgIpc) is 2.15. The summed E-state index contributed by atoms with van der Waals surface area (Å²) in [4.78, 5) is 14.7. The van der Waals surface area contributed by atoms with Crippen LogP contribution in [0, 0.1) is 13.8 Å². The molecule has 15 heavy (non-hydrogen) atoms. The van der Waals surface area contributed by atoms with E-state index in [4.69, 9.17) is 16.7 Å². The Labute approximate surface area is 87.5 Å². The molecule has 0 spiro atoms. The van der Waals surface area contributed by atoms with E-state index < -0.39 is 6.09 Å². The van der Waals surface area contributed by atoms with Crippen LogP contribution in [0.3, 0.4) is 0 Å². The van der Waals surface area contributed by atoms with E-state index in [0.29, 0.717) is 17.2 Å². The van der Waals surface area contributed by atoms with Crippen molar-refractivity contribution >= 4 is 11.9 Å². The summed E-state index contributed by atoms with van der Waals surface area (Å²) in [5, 5.41) is 9.26. The lowest BCUT2D eigenvalue weighted by Gasteiger charge is -2.15. The summed E-state index contributed by atoms with van der Waals surface area (Å²) in [5.41, 5.74) is 8.03. The molecular formula is C9H14N4O2. The molecule has 0 fully saturated rings. The molecule has 0 saturated heterocycles. The normalized spacial score (nSPS) is 10.1. The Hall–Kier alpha value is -1.66. The van der Waals surface area contributed by atoms with Crippen molar-refractivity contribution in [1.29, 1.82) is 0 Å². The number of amides is 1. The number of aryl methyl sites for hydroxylation is 2. The number of aromatic nitrogens is 1. The number of pyridine rings is 1. The van der Waals surface area contributed by atoms with E-state index in [1.54, 1.807) is 13.0 Å². The van der Waals surface area contributed by atoms with Crippen LogP contribution in [-0.2, 0) is 6.54 Å². The Bertz CT molecular complexity index is 369. The molecule has 1 heterocycles. The Morgan fingerprint density at radius 2 is 2.20 bits per heavy atom. The van der Waals surface area contributed by atoms with Crippen LogP contribution < -0.4 is 16.6 Å². The fourth-order valence-electron chi connectivity index (χ4n) is 1.37. The predicted molar refractivity (Wildman–Crippen MR) is 56.3 cm³/mol. The van der Waals surface area contributed by atoms with Gasteiger partial charge >= 0.3 is 6.09 Å².